The van der Waals surface area contributed by atoms with Crippen LogP contribution in [0, 0.1) is 0 Å². The van der Waals surface area contributed by atoms with Gasteiger partial charge in [-0.05, 0) is 38.9 Å². The Morgan fingerprint density at radius 2 is 1.78 bits per heavy atom. The Morgan fingerprint density at radius 1 is 1.00 bits per heavy atom. The van der Waals surface area contributed by atoms with E-state index in [4.69, 9.17) is 35.5 Å². The second kappa shape index (κ2) is 16.6. The summed E-state index contributed by atoms with van der Waals surface area (Å²) in [6.45, 7) is 9.93. The van der Waals surface area contributed by atoms with Gasteiger partial charge in [0.25, 0.3) is 5.56 Å². The molecular weight excluding hydrogens is 600 g/mol. The Hall–Kier alpha value is -3.71. The molecule has 1 aliphatic heterocycles. The molecule has 12 nitrogen and oxygen atoms in total. The molecule has 3 aromatic rings. The van der Waals surface area contributed by atoms with E-state index in [1.54, 1.807) is 49.3 Å². The number of carbonyl (C=O) groups is 1. The predicted molar refractivity (Wildman–Crippen MR) is 176 cm³/mol. The molecule has 0 spiro atoms. The van der Waals surface area contributed by atoms with Gasteiger partial charge in [0.2, 0.25) is 11.9 Å². The molecule has 1 saturated heterocycles. The number of nitrogens with one attached hydrogen (secondary N) is 1. The number of hydrogen-bond donors (Lipinski definition) is 1. The zero-order valence-electron chi connectivity index (χ0n) is 26.7. The average molecular weight is 643 g/mol. The highest BCUT2D eigenvalue weighted by Crippen LogP contribution is 2.38. The molecule has 0 bridgehead atoms. The maximum Gasteiger partial charge on any atom is 0.260 e. The SMILES string of the molecule is COCCOCCNc1ncc2cc(-c3cc(OC)cc(OC)c3Cl)c(=O)n(CCCN3CCN(C(=O)C=C(C)C)CC3)c2n1. The molecule has 0 atom stereocenters. The van der Waals surface area contributed by atoms with Gasteiger partial charge in [0.15, 0.2) is 0 Å². The van der Waals surface area contributed by atoms with Gasteiger partial charge >= 0.3 is 0 Å². The van der Waals surface area contributed by atoms with E-state index in [1.807, 2.05) is 18.7 Å². The van der Waals surface area contributed by atoms with Crippen molar-refractivity contribution in [3.63, 3.8) is 0 Å². The number of benzene rings is 1. The first kappa shape index (κ1) is 34.2. The van der Waals surface area contributed by atoms with Crippen molar-refractivity contribution < 1.29 is 23.7 Å². The van der Waals surface area contributed by atoms with Gasteiger partial charge < -0.3 is 29.2 Å². The lowest BCUT2D eigenvalue weighted by atomic mass is 10.0. The van der Waals surface area contributed by atoms with Crippen LogP contribution in [0.4, 0.5) is 5.95 Å². The summed E-state index contributed by atoms with van der Waals surface area (Å²) in [5.74, 6) is 1.38. The number of carbonyl (C=O) groups excluding carboxylic acids is 1. The summed E-state index contributed by atoms with van der Waals surface area (Å²) in [4.78, 5) is 40.0. The lowest BCUT2D eigenvalue weighted by Crippen LogP contribution is -2.48. The van der Waals surface area contributed by atoms with Gasteiger partial charge in [-0.1, -0.05) is 17.2 Å². The molecule has 13 heteroatoms. The minimum atomic E-state index is -0.232. The highest BCUT2D eigenvalue weighted by Gasteiger charge is 2.21. The summed E-state index contributed by atoms with van der Waals surface area (Å²) >= 11 is 6.72. The summed E-state index contributed by atoms with van der Waals surface area (Å²) < 4.78 is 23.1. The molecule has 2 aromatic heterocycles. The minimum Gasteiger partial charge on any atom is -0.497 e. The summed E-state index contributed by atoms with van der Waals surface area (Å²) in [7, 11) is 4.70. The lowest BCUT2D eigenvalue weighted by molar-refractivity contribution is -0.127. The van der Waals surface area contributed by atoms with Gasteiger partial charge in [-0.25, -0.2) is 4.98 Å². The van der Waals surface area contributed by atoms with Crippen LogP contribution in [0.2, 0.25) is 5.02 Å². The van der Waals surface area contributed by atoms with Gasteiger partial charge in [-0.3, -0.25) is 19.1 Å². The number of rotatable bonds is 15. The monoisotopic (exact) mass is 642 g/mol. The Morgan fingerprint density at radius 3 is 2.47 bits per heavy atom. The van der Waals surface area contributed by atoms with Crippen molar-refractivity contribution in [2.24, 2.45) is 0 Å². The minimum absolute atomic E-state index is 0.0583. The molecule has 0 radical (unpaired) electrons. The number of nitrogens with zero attached hydrogens (tertiary/aromatic N) is 5. The van der Waals surface area contributed by atoms with E-state index in [9.17, 15) is 9.59 Å². The van der Waals surface area contributed by atoms with Gasteiger partial charge in [0.05, 0.1) is 39.1 Å². The number of aromatic nitrogens is 3. The Labute approximate surface area is 268 Å². The largest absolute Gasteiger partial charge is 0.497 e. The van der Waals surface area contributed by atoms with E-state index >= 15 is 0 Å². The highest BCUT2D eigenvalue weighted by atomic mass is 35.5. The first-order chi connectivity index (χ1) is 21.7. The lowest BCUT2D eigenvalue weighted by Gasteiger charge is -2.34. The third kappa shape index (κ3) is 8.94. The highest BCUT2D eigenvalue weighted by molar-refractivity contribution is 6.35. The molecule has 1 fully saturated rings. The number of anilines is 1. The van der Waals surface area contributed by atoms with Crippen LogP contribution in [-0.2, 0) is 20.8 Å². The number of pyridine rings is 1. The maximum atomic E-state index is 14.1. The van der Waals surface area contributed by atoms with Crippen molar-refractivity contribution in [3.8, 4) is 22.6 Å². The Kier molecular flexibility index (Phi) is 12.6. The zero-order valence-corrected chi connectivity index (χ0v) is 27.5. The van der Waals surface area contributed by atoms with Crippen molar-refractivity contribution in [2.75, 3.05) is 85.7 Å². The Bertz CT molecular complexity index is 1550. The van der Waals surface area contributed by atoms with E-state index < -0.39 is 0 Å². The number of halogens is 1. The third-order valence-electron chi connectivity index (χ3n) is 7.50. The van der Waals surface area contributed by atoms with Crippen molar-refractivity contribution in [3.05, 3.63) is 51.4 Å². The molecule has 45 heavy (non-hydrogen) atoms. The van der Waals surface area contributed by atoms with E-state index in [1.165, 1.54) is 7.11 Å². The third-order valence-corrected chi connectivity index (χ3v) is 7.89. The summed E-state index contributed by atoms with van der Waals surface area (Å²) in [5, 5.41) is 4.18. The number of fused-ring (bicyclic) bond motifs is 1. The second-order valence-corrected chi connectivity index (χ2v) is 11.3. The molecule has 1 amide bonds. The number of allylic oxidation sites excluding steroid dienone is 1. The Balaban J connectivity index is 1.59. The second-order valence-electron chi connectivity index (χ2n) is 11.0. The fourth-order valence-electron chi connectivity index (χ4n) is 5.14. The number of methoxy groups -OCH3 is 3. The normalized spacial score (nSPS) is 13.6. The number of piperazine rings is 1. The van der Waals surface area contributed by atoms with Crippen LogP contribution in [0.3, 0.4) is 0 Å². The first-order valence-electron chi connectivity index (χ1n) is 15.0. The van der Waals surface area contributed by atoms with E-state index in [0.29, 0.717) is 97.1 Å². The van der Waals surface area contributed by atoms with Crippen LogP contribution in [0.15, 0.2) is 40.8 Å². The first-order valence-corrected chi connectivity index (χ1v) is 15.4. The van der Waals surface area contributed by atoms with Crippen LogP contribution >= 0.6 is 11.6 Å². The maximum absolute atomic E-state index is 14.1. The summed E-state index contributed by atoms with van der Waals surface area (Å²) in [5.41, 5.74) is 2.18. The number of amides is 1. The molecule has 3 heterocycles. The van der Waals surface area contributed by atoms with Gasteiger partial charge in [0, 0.05) is 81.2 Å². The van der Waals surface area contributed by atoms with Gasteiger partial charge in [0.1, 0.15) is 17.1 Å². The molecule has 0 unspecified atom stereocenters. The van der Waals surface area contributed by atoms with Crippen LogP contribution in [0.1, 0.15) is 20.3 Å². The van der Waals surface area contributed by atoms with Crippen molar-refractivity contribution in [2.45, 2.75) is 26.8 Å². The number of ether oxygens (including phenoxy) is 4. The quantitative estimate of drug-likeness (QED) is 0.194. The smallest absolute Gasteiger partial charge is 0.260 e. The topological polar surface area (TPSA) is 120 Å². The molecule has 1 aromatic carbocycles. The molecular formula is C32H43ClN6O6. The molecule has 4 rings (SSSR count). The summed E-state index contributed by atoms with van der Waals surface area (Å²) in [6, 6.07) is 5.17. The zero-order chi connectivity index (χ0) is 32.3. The molecule has 1 aliphatic rings. The summed E-state index contributed by atoms with van der Waals surface area (Å²) in [6.07, 6.45) is 4.09. The van der Waals surface area contributed by atoms with Gasteiger partial charge in [-0.15, -0.1) is 0 Å². The van der Waals surface area contributed by atoms with Gasteiger partial charge in [-0.2, -0.15) is 4.98 Å². The van der Waals surface area contributed by atoms with Crippen LogP contribution < -0.4 is 20.3 Å². The van der Waals surface area contributed by atoms with Crippen molar-refractivity contribution in [1.29, 1.82) is 0 Å². The predicted octanol–water partition coefficient (Wildman–Crippen LogP) is 3.70. The van der Waals surface area contributed by atoms with Crippen LogP contribution in [0.5, 0.6) is 11.5 Å². The van der Waals surface area contributed by atoms with Crippen LogP contribution in [-0.4, -0.2) is 111 Å². The van der Waals surface area contributed by atoms with E-state index in [0.717, 1.165) is 25.2 Å². The fourth-order valence-corrected chi connectivity index (χ4v) is 5.43. The average Bonchev–Trinajstić information content (AvgIpc) is 3.03. The van der Waals surface area contributed by atoms with E-state index in [2.05, 4.69) is 15.2 Å². The molecule has 244 valence electrons. The number of hydrogen-bond acceptors (Lipinski definition) is 10. The van der Waals surface area contributed by atoms with Crippen molar-refractivity contribution in [1.82, 2.24) is 24.3 Å². The molecule has 1 N–H and O–H groups in total. The standard InChI is InChI=1S/C32H43ClN6O6/c1-22(2)17-28(40)38-12-10-37(11-13-38)8-6-9-39-30-23(21-35-32(36-30)34-7-14-45-16-15-42-3)18-26(31(39)41)25-19-24(43-4)20-27(44-5)29(25)33/h17-21H,6-16H2,1-5H3,(H,34,35,36). The molecule has 0 saturated carbocycles. The fraction of sp³-hybridized carbons (Fsp3) is 0.500. The van der Waals surface area contributed by atoms with Crippen molar-refractivity contribution >= 4 is 34.5 Å². The molecule has 0 aliphatic carbocycles. The van der Waals surface area contributed by atoms with E-state index in [-0.39, 0.29) is 11.5 Å². The number of aryl methyl sites for hydroxylation is 1. The van der Waals surface area contributed by atoms with Crippen LogP contribution in [0.25, 0.3) is 22.2 Å².